The van der Waals surface area contributed by atoms with Gasteiger partial charge in [-0.25, -0.2) is 9.59 Å². The summed E-state index contributed by atoms with van der Waals surface area (Å²) in [6.45, 7) is 5.34. The van der Waals surface area contributed by atoms with Gasteiger partial charge in [-0.15, -0.1) is 0 Å². The lowest BCUT2D eigenvalue weighted by atomic mass is 9.88. The first-order valence-electron chi connectivity index (χ1n) is 6.72. The summed E-state index contributed by atoms with van der Waals surface area (Å²) in [6, 6.07) is 5.86. The number of nitrogens with one attached hydrogen (secondary N) is 1. The Kier molecular flexibility index (Phi) is 3.72. The van der Waals surface area contributed by atoms with E-state index in [4.69, 9.17) is 5.11 Å². The second kappa shape index (κ2) is 5.20. The minimum Gasteiger partial charge on any atom is -0.478 e. The largest absolute Gasteiger partial charge is 0.478 e. The Hall–Kier alpha value is -2.37. The van der Waals surface area contributed by atoms with Crippen molar-refractivity contribution in [3.63, 3.8) is 0 Å². The molecule has 1 aliphatic rings. The highest BCUT2D eigenvalue weighted by atomic mass is 16.4. The van der Waals surface area contributed by atoms with Gasteiger partial charge in [-0.1, -0.05) is 32.0 Å². The Balaban J connectivity index is 2.31. The predicted octanol–water partition coefficient (Wildman–Crippen LogP) is 1.85. The van der Waals surface area contributed by atoms with Gasteiger partial charge in [0.05, 0.1) is 12.1 Å². The molecular weight excluding hydrogens is 272 g/mol. The lowest BCUT2D eigenvalue weighted by Crippen LogP contribution is -2.48. The van der Waals surface area contributed by atoms with Gasteiger partial charge in [0.2, 0.25) is 0 Å². The minimum absolute atomic E-state index is 0.0462. The summed E-state index contributed by atoms with van der Waals surface area (Å²) in [5, 5.41) is 11.8. The van der Waals surface area contributed by atoms with E-state index in [1.165, 1.54) is 6.07 Å². The maximum absolute atomic E-state index is 12.5. The van der Waals surface area contributed by atoms with Crippen LogP contribution in [0.15, 0.2) is 24.3 Å². The van der Waals surface area contributed by atoms with Crippen LogP contribution in [0.3, 0.4) is 0 Å². The van der Waals surface area contributed by atoms with Crippen LogP contribution in [-0.2, 0) is 11.3 Å². The highest BCUT2D eigenvalue weighted by molar-refractivity contribution is 6.07. The Morgan fingerprint density at radius 2 is 1.95 bits per heavy atom. The van der Waals surface area contributed by atoms with Crippen LogP contribution < -0.4 is 5.32 Å². The van der Waals surface area contributed by atoms with Crippen molar-refractivity contribution in [2.24, 2.45) is 5.92 Å². The van der Waals surface area contributed by atoms with Gasteiger partial charge in [0, 0.05) is 0 Å². The third kappa shape index (κ3) is 2.49. The maximum atomic E-state index is 12.5. The molecule has 1 aliphatic heterocycles. The number of nitrogens with zero attached hydrogens (tertiary/aromatic N) is 1. The number of amides is 3. The fourth-order valence-corrected chi connectivity index (χ4v) is 2.29. The van der Waals surface area contributed by atoms with Crippen molar-refractivity contribution >= 4 is 17.9 Å². The van der Waals surface area contributed by atoms with E-state index in [1.54, 1.807) is 25.1 Å². The fraction of sp³-hybridized carbons (Fsp3) is 0.400. The molecule has 0 aromatic heterocycles. The first-order valence-corrected chi connectivity index (χ1v) is 6.72. The molecule has 0 aliphatic carbocycles. The number of hydrogen-bond acceptors (Lipinski definition) is 3. The quantitative estimate of drug-likeness (QED) is 0.828. The van der Waals surface area contributed by atoms with Crippen molar-refractivity contribution in [2.75, 3.05) is 0 Å². The number of carbonyl (C=O) groups excluding carboxylic acids is 2. The molecule has 6 heteroatoms. The molecule has 0 spiro atoms. The molecule has 112 valence electrons. The van der Waals surface area contributed by atoms with Crippen molar-refractivity contribution in [3.05, 3.63) is 35.4 Å². The Morgan fingerprint density at radius 1 is 1.33 bits per heavy atom. The number of carbonyl (C=O) groups is 3. The van der Waals surface area contributed by atoms with Gasteiger partial charge >= 0.3 is 12.0 Å². The lowest BCUT2D eigenvalue weighted by molar-refractivity contribution is -0.132. The monoisotopic (exact) mass is 290 g/mol. The van der Waals surface area contributed by atoms with Gasteiger partial charge in [-0.3, -0.25) is 9.69 Å². The SMILES string of the molecule is CC(C)C1(C)NC(=O)N(Cc2ccccc2C(=O)O)C1=O. The van der Waals surface area contributed by atoms with E-state index < -0.39 is 17.5 Å². The molecule has 1 fully saturated rings. The second-order valence-electron chi connectivity index (χ2n) is 5.64. The molecule has 21 heavy (non-hydrogen) atoms. The second-order valence-corrected chi connectivity index (χ2v) is 5.64. The molecule has 0 saturated carbocycles. The Morgan fingerprint density at radius 3 is 2.48 bits per heavy atom. The highest BCUT2D eigenvalue weighted by Gasteiger charge is 2.49. The molecule has 2 rings (SSSR count). The van der Waals surface area contributed by atoms with Crippen molar-refractivity contribution in [1.82, 2.24) is 10.2 Å². The van der Waals surface area contributed by atoms with Crippen molar-refractivity contribution in [2.45, 2.75) is 32.9 Å². The molecule has 0 radical (unpaired) electrons. The van der Waals surface area contributed by atoms with Crippen LogP contribution in [0, 0.1) is 5.92 Å². The Labute approximate surface area is 122 Å². The van der Waals surface area contributed by atoms with Gasteiger partial charge in [-0.2, -0.15) is 0 Å². The van der Waals surface area contributed by atoms with Crippen molar-refractivity contribution in [3.8, 4) is 0 Å². The average Bonchev–Trinajstić information content (AvgIpc) is 2.64. The van der Waals surface area contributed by atoms with E-state index in [1.807, 2.05) is 13.8 Å². The van der Waals surface area contributed by atoms with Crippen molar-refractivity contribution in [1.29, 1.82) is 0 Å². The molecule has 1 unspecified atom stereocenters. The van der Waals surface area contributed by atoms with Gasteiger partial charge < -0.3 is 10.4 Å². The number of benzene rings is 1. The number of urea groups is 1. The topological polar surface area (TPSA) is 86.7 Å². The summed E-state index contributed by atoms with van der Waals surface area (Å²) in [6.07, 6.45) is 0. The molecule has 1 aromatic carbocycles. The van der Waals surface area contributed by atoms with E-state index in [9.17, 15) is 14.4 Å². The molecule has 1 aromatic rings. The summed E-state index contributed by atoms with van der Waals surface area (Å²) >= 11 is 0. The maximum Gasteiger partial charge on any atom is 0.336 e. The molecule has 1 heterocycles. The molecule has 1 atom stereocenters. The van der Waals surface area contributed by atoms with E-state index in [0.717, 1.165) is 4.90 Å². The van der Waals surface area contributed by atoms with Crippen LogP contribution in [0.25, 0.3) is 0 Å². The first kappa shape index (κ1) is 15.0. The van der Waals surface area contributed by atoms with Crippen LogP contribution in [0.4, 0.5) is 4.79 Å². The van der Waals surface area contributed by atoms with E-state index in [0.29, 0.717) is 5.56 Å². The van der Waals surface area contributed by atoms with Crippen LogP contribution >= 0.6 is 0 Å². The lowest BCUT2D eigenvalue weighted by Gasteiger charge is -2.25. The van der Waals surface area contributed by atoms with Gasteiger partial charge in [-0.05, 0) is 24.5 Å². The minimum atomic E-state index is -1.08. The summed E-state index contributed by atoms with van der Waals surface area (Å²) < 4.78 is 0. The molecule has 6 nitrogen and oxygen atoms in total. The van der Waals surface area contributed by atoms with Crippen LogP contribution in [0.5, 0.6) is 0 Å². The number of hydrogen-bond donors (Lipinski definition) is 2. The zero-order valence-corrected chi connectivity index (χ0v) is 12.2. The third-order valence-corrected chi connectivity index (χ3v) is 4.03. The van der Waals surface area contributed by atoms with Crippen molar-refractivity contribution < 1.29 is 19.5 Å². The average molecular weight is 290 g/mol. The van der Waals surface area contributed by atoms with Gasteiger partial charge in [0.1, 0.15) is 5.54 Å². The predicted molar refractivity (Wildman–Crippen MR) is 75.7 cm³/mol. The zero-order valence-electron chi connectivity index (χ0n) is 12.2. The number of imide groups is 1. The molecule has 0 bridgehead atoms. The van der Waals surface area contributed by atoms with Gasteiger partial charge in [0.25, 0.3) is 5.91 Å². The number of carboxylic acids is 1. The molecule has 2 N–H and O–H groups in total. The van der Waals surface area contributed by atoms with E-state index >= 15 is 0 Å². The number of rotatable bonds is 4. The standard InChI is InChI=1S/C15H18N2O4/c1-9(2)15(3)13(20)17(14(21)16-15)8-10-6-4-5-7-11(10)12(18)19/h4-7,9H,8H2,1-3H3,(H,16,21)(H,18,19). The smallest absolute Gasteiger partial charge is 0.336 e. The van der Waals surface area contributed by atoms with Crippen LogP contribution in [-0.4, -0.2) is 33.5 Å². The van der Waals surface area contributed by atoms with Gasteiger partial charge in [0.15, 0.2) is 0 Å². The molecule has 1 saturated heterocycles. The first-order chi connectivity index (χ1) is 9.77. The summed E-state index contributed by atoms with van der Waals surface area (Å²) in [5.74, 6) is -1.47. The zero-order chi connectivity index (χ0) is 15.8. The summed E-state index contributed by atoms with van der Waals surface area (Å²) in [5.41, 5.74) is -0.423. The summed E-state index contributed by atoms with van der Waals surface area (Å²) in [7, 11) is 0. The van der Waals surface area contributed by atoms with E-state index in [-0.39, 0.29) is 23.9 Å². The summed E-state index contributed by atoms with van der Waals surface area (Å²) in [4.78, 5) is 36.8. The third-order valence-electron chi connectivity index (χ3n) is 4.03. The number of aromatic carboxylic acids is 1. The highest BCUT2D eigenvalue weighted by Crippen LogP contribution is 2.27. The molecular formula is C15H18N2O4. The normalized spacial score (nSPS) is 21.8. The molecule has 3 amide bonds. The number of carboxylic acid groups (broad SMARTS) is 1. The Bertz CT molecular complexity index is 611. The van der Waals surface area contributed by atoms with Crippen LogP contribution in [0.2, 0.25) is 0 Å². The fourth-order valence-electron chi connectivity index (χ4n) is 2.29. The van der Waals surface area contributed by atoms with Crippen LogP contribution in [0.1, 0.15) is 36.7 Å². The van der Waals surface area contributed by atoms with E-state index in [2.05, 4.69) is 5.32 Å².